The monoisotopic (exact) mass is 296 g/mol. The minimum Gasteiger partial charge on any atom is -0.481 e. The third-order valence-corrected chi connectivity index (χ3v) is 4.73. The van der Waals surface area contributed by atoms with Gasteiger partial charge in [0.05, 0.1) is 22.5 Å². The number of nitrogens with zero attached hydrogens (tertiary/aromatic N) is 2. The number of rotatable bonds is 4. The van der Waals surface area contributed by atoms with Crippen LogP contribution < -0.4 is 0 Å². The largest absolute Gasteiger partial charge is 0.481 e. The van der Waals surface area contributed by atoms with Gasteiger partial charge in [-0.3, -0.25) is 9.48 Å². The van der Waals surface area contributed by atoms with Crippen LogP contribution in [0.4, 0.5) is 0 Å². The molecule has 112 valence electrons. The van der Waals surface area contributed by atoms with Crippen LogP contribution in [0, 0.1) is 0 Å². The molecule has 0 radical (unpaired) electrons. The molecule has 0 amide bonds. The van der Waals surface area contributed by atoms with Crippen molar-refractivity contribution < 1.29 is 9.90 Å². The summed E-state index contributed by atoms with van der Waals surface area (Å²) in [7, 11) is 0. The Balaban J connectivity index is 2.26. The van der Waals surface area contributed by atoms with E-state index in [4.69, 9.17) is 10.2 Å². The van der Waals surface area contributed by atoms with Crippen LogP contribution in [0.2, 0.25) is 0 Å². The quantitative estimate of drug-likeness (QED) is 0.857. The first kappa shape index (κ1) is 15.4. The van der Waals surface area contributed by atoms with Crippen molar-refractivity contribution >= 4 is 17.7 Å². The number of carbonyl (C=O) groups is 1. The molecule has 1 aliphatic carbocycles. The summed E-state index contributed by atoms with van der Waals surface area (Å²) in [5.41, 5.74) is 1.05. The molecule has 1 fully saturated rings. The van der Waals surface area contributed by atoms with Gasteiger partial charge < -0.3 is 5.11 Å². The molecule has 1 saturated carbocycles. The van der Waals surface area contributed by atoms with Crippen molar-refractivity contribution in [2.45, 2.75) is 69.4 Å². The highest BCUT2D eigenvalue weighted by Gasteiger charge is 2.24. The highest BCUT2D eigenvalue weighted by molar-refractivity contribution is 7.99. The summed E-state index contributed by atoms with van der Waals surface area (Å²) in [5.74, 6) is -0.675. The maximum Gasteiger partial charge on any atom is 0.313 e. The van der Waals surface area contributed by atoms with Crippen LogP contribution in [-0.4, -0.2) is 26.6 Å². The Hall–Kier alpha value is -0.970. The van der Waals surface area contributed by atoms with Crippen LogP contribution in [0.15, 0.2) is 11.1 Å². The normalized spacial score (nSPS) is 17.4. The molecular weight excluding hydrogens is 272 g/mol. The number of carboxylic acids is 1. The third-order valence-electron chi connectivity index (χ3n) is 3.73. The predicted octanol–water partition coefficient (Wildman–Crippen LogP) is 3.86. The lowest BCUT2D eigenvalue weighted by atomic mass is 9.93. The molecule has 0 bridgehead atoms. The van der Waals surface area contributed by atoms with Crippen molar-refractivity contribution in [2.75, 3.05) is 5.75 Å². The molecule has 0 aliphatic heterocycles. The number of aliphatic carboxylic acids is 1. The van der Waals surface area contributed by atoms with E-state index in [0.717, 1.165) is 23.6 Å². The number of carboxylic acid groups (broad SMARTS) is 1. The summed E-state index contributed by atoms with van der Waals surface area (Å²) in [4.78, 5) is 10.8. The summed E-state index contributed by atoms with van der Waals surface area (Å²) in [5, 5.41) is 14.7. The van der Waals surface area contributed by atoms with Gasteiger partial charge in [0, 0.05) is 5.41 Å². The number of hydrogen-bond acceptors (Lipinski definition) is 3. The molecule has 1 N–H and O–H groups in total. The Morgan fingerprint density at radius 2 is 2.05 bits per heavy atom. The van der Waals surface area contributed by atoms with Crippen LogP contribution in [-0.2, 0) is 10.2 Å². The zero-order valence-electron chi connectivity index (χ0n) is 12.6. The minimum atomic E-state index is -0.774. The number of hydrogen-bond donors (Lipinski definition) is 1. The van der Waals surface area contributed by atoms with Crippen LogP contribution in [0.1, 0.15) is 64.6 Å². The van der Waals surface area contributed by atoms with Crippen molar-refractivity contribution in [2.24, 2.45) is 0 Å². The second-order valence-electron chi connectivity index (χ2n) is 6.54. The fraction of sp³-hybridized carbons (Fsp3) is 0.733. The van der Waals surface area contributed by atoms with Gasteiger partial charge in [-0.2, -0.15) is 5.10 Å². The van der Waals surface area contributed by atoms with Gasteiger partial charge in [0.25, 0.3) is 0 Å². The van der Waals surface area contributed by atoms with E-state index in [1.165, 1.54) is 31.0 Å². The predicted molar refractivity (Wildman–Crippen MR) is 81.4 cm³/mol. The first-order valence-corrected chi connectivity index (χ1v) is 8.31. The zero-order valence-corrected chi connectivity index (χ0v) is 13.4. The van der Waals surface area contributed by atoms with E-state index < -0.39 is 5.97 Å². The molecule has 1 heterocycles. The van der Waals surface area contributed by atoms with Gasteiger partial charge in [-0.25, -0.2) is 0 Å². The van der Waals surface area contributed by atoms with Crippen molar-refractivity contribution in [1.82, 2.24) is 9.78 Å². The Kier molecular flexibility index (Phi) is 4.78. The molecule has 0 spiro atoms. The van der Waals surface area contributed by atoms with Crippen LogP contribution in [0.5, 0.6) is 0 Å². The molecule has 20 heavy (non-hydrogen) atoms. The van der Waals surface area contributed by atoms with Gasteiger partial charge in [0.2, 0.25) is 0 Å². The zero-order chi connectivity index (χ0) is 14.8. The molecule has 2 rings (SSSR count). The average molecular weight is 296 g/mol. The van der Waals surface area contributed by atoms with E-state index in [1.54, 1.807) is 0 Å². The molecule has 0 aromatic carbocycles. The molecule has 5 heteroatoms. The summed E-state index contributed by atoms with van der Waals surface area (Å²) in [6, 6.07) is 2.51. The van der Waals surface area contributed by atoms with Gasteiger partial charge in [-0.1, -0.05) is 51.8 Å². The highest BCUT2D eigenvalue weighted by Crippen LogP contribution is 2.34. The Morgan fingerprint density at radius 1 is 1.40 bits per heavy atom. The Morgan fingerprint density at radius 3 is 2.60 bits per heavy atom. The van der Waals surface area contributed by atoms with Gasteiger partial charge in [-0.15, -0.1) is 0 Å². The highest BCUT2D eigenvalue weighted by atomic mass is 32.2. The van der Waals surface area contributed by atoms with Crippen molar-refractivity contribution in [1.29, 1.82) is 0 Å². The van der Waals surface area contributed by atoms with E-state index in [9.17, 15) is 4.79 Å². The molecule has 1 aromatic heterocycles. The van der Waals surface area contributed by atoms with E-state index in [1.807, 2.05) is 0 Å². The summed E-state index contributed by atoms with van der Waals surface area (Å²) in [6.45, 7) is 6.44. The standard InChI is InChI=1S/C15H24N2O2S/c1-15(2,3)12-9-13(20-10-14(18)19)17(16-12)11-7-5-4-6-8-11/h9,11H,4-8,10H2,1-3H3,(H,18,19). The molecule has 1 aliphatic rings. The van der Waals surface area contributed by atoms with E-state index in [-0.39, 0.29) is 11.2 Å². The minimum absolute atomic E-state index is 0.00154. The van der Waals surface area contributed by atoms with Crippen molar-refractivity contribution in [3.05, 3.63) is 11.8 Å². The summed E-state index contributed by atoms with van der Waals surface area (Å²) in [6.07, 6.45) is 6.12. The lowest BCUT2D eigenvalue weighted by Crippen LogP contribution is -2.17. The lowest BCUT2D eigenvalue weighted by Gasteiger charge is -2.24. The van der Waals surface area contributed by atoms with E-state index >= 15 is 0 Å². The van der Waals surface area contributed by atoms with Crippen molar-refractivity contribution in [3.8, 4) is 0 Å². The SMILES string of the molecule is CC(C)(C)c1cc(SCC(=O)O)n(C2CCCCC2)n1. The maximum absolute atomic E-state index is 10.8. The Bertz CT molecular complexity index is 471. The fourth-order valence-electron chi connectivity index (χ4n) is 2.57. The summed E-state index contributed by atoms with van der Waals surface area (Å²) >= 11 is 1.39. The molecule has 0 unspecified atom stereocenters. The van der Waals surface area contributed by atoms with Crippen molar-refractivity contribution in [3.63, 3.8) is 0 Å². The first-order valence-electron chi connectivity index (χ1n) is 7.32. The second kappa shape index (κ2) is 6.20. The number of aromatic nitrogens is 2. The van der Waals surface area contributed by atoms with Gasteiger partial charge in [0.15, 0.2) is 0 Å². The van der Waals surface area contributed by atoms with Gasteiger partial charge in [0.1, 0.15) is 0 Å². The molecule has 0 atom stereocenters. The molecular formula is C15H24N2O2S. The fourth-order valence-corrected chi connectivity index (χ4v) is 3.36. The van der Waals surface area contributed by atoms with E-state index in [2.05, 4.69) is 31.5 Å². The molecule has 0 saturated heterocycles. The molecule has 4 nitrogen and oxygen atoms in total. The lowest BCUT2D eigenvalue weighted by molar-refractivity contribution is -0.133. The number of thioether (sulfide) groups is 1. The van der Waals surface area contributed by atoms with Crippen LogP contribution in [0.3, 0.4) is 0 Å². The topological polar surface area (TPSA) is 55.1 Å². The maximum atomic E-state index is 10.8. The van der Waals surface area contributed by atoms with Crippen LogP contribution in [0.25, 0.3) is 0 Å². The second-order valence-corrected chi connectivity index (χ2v) is 7.53. The summed E-state index contributed by atoms with van der Waals surface area (Å²) < 4.78 is 2.09. The third kappa shape index (κ3) is 3.78. The van der Waals surface area contributed by atoms with Gasteiger partial charge >= 0.3 is 5.97 Å². The van der Waals surface area contributed by atoms with Crippen LogP contribution >= 0.6 is 11.8 Å². The first-order chi connectivity index (χ1) is 9.38. The Labute approximate surface area is 124 Å². The average Bonchev–Trinajstić information content (AvgIpc) is 2.81. The van der Waals surface area contributed by atoms with E-state index in [0.29, 0.717) is 6.04 Å². The smallest absolute Gasteiger partial charge is 0.313 e. The molecule has 1 aromatic rings. The van der Waals surface area contributed by atoms with Gasteiger partial charge in [-0.05, 0) is 18.9 Å².